The van der Waals surface area contributed by atoms with Crippen molar-refractivity contribution in [2.24, 2.45) is 0 Å². The molecule has 7 N–H and O–H groups in total. The Balaban J connectivity index is 0.000000154. The molecule has 3 aliphatic rings. The van der Waals surface area contributed by atoms with E-state index in [1.807, 2.05) is 141 Å². The van der Waals surface area contributed by atoms with Crippen molar-refractivity contribution in [2.75, 3.05) is 6.61 Å². The molecule has 0 aliphatic heterocycles. The second-order valence-corrected chi connectivity index (χ2v) is 27.9. The number of carbonyl (C=O) groups excluding carboxylic acids is 1. The lowest BCUT2D eigenvalue weighted by Gasteiger charge is -2.16. The van der Waals surface area contributed by atoms with E-state index in [9.17, 15) is 35.5 Å². The summed E-state index contributed by atoms with van der Waals surface area (Å²) >= 11 is 6.00. The highest BCUT2D eigenvalue weighted by Gasteiger charge is 2.28. The number of sulfonamides is 2. The van der Waals surface area contributed by atoms with Crippen LogP contribution < -0.4 is 14.8 Å². The zero-order chi connectivity index (χ0) is 66.0. The van der Waals surface area contributed by atoms with Crippen molar-refractivity contribution < 1.29 is 35.5 Å². The van der Waals surface area contributed by atoms with Crippen molar-refractivity contribution in [1.29, 1.82) is 0 Å². The van der Waals surface area contributed by atoms with Gasteiger partial charge in [-0.2, -0.15) is 15.3 Å². The van der Waals surface area contributed by atoms with E-state index in [4.69, 9.17) is 11.6 Å². The fraction of sp³-hybridized carbons (Fsp3) is 0.297. The average Bonchev–Trinajstić information content (AvgIpc) is 1.68. The van der Waals surface area contributed by atoms with Gasteiger partial charge in [0, 0.05) is 67.8 Å². The molecule has 1 amide bonds. The first kappa shape index (κ1) is 68.4. The van der Waals surface area contributed by atoms with Gasteiger partial charge in [-0.3, -0.25) is 20.1 Å². The van der Waals surface area contributed by atoms with E-state index in [1.165, 1.54) is 22.9 Å². The Kier molecular flexibility index (Phi) is 23.7. The number of nitrogens with one attached hydrogen (secondary N) is 6. The van der Waals surface area contributed by atoms with Crippen LogP contribution in [0.2, 0.25) is 5.02 Å². The topological polar surface area (TPSA) is 228 Å². The number of nitrogens with zero attached hydrogens (tertiary/aromatic N) is 3. The van der Waals surface area contributed by atoms with Crippen LogP contribution in [0.15, 0.2) is 175 Å². The fourth-order valence-electron chi connectivity index (χ4n) is 12.6. The number of H-pyrrole nitrogens is 3. The zero-order valence-corrected chi connectivity index (χ0v) is 55.1. The third-order valence-corrected chi connectivity index (χ3v) is 20.0. The molecule has 6 aromatic carbocycles. The quantitative estimate of drug-likeness (QED) is 0.0382. The number of rotatable bonds is 19. The number of benzene rings is 6. The summed E-state index contributed by atoms with van der Waals surface area (Å²) < 4.78 is 83.1. The Hall–Kier alpha value is -8.43. The van der Waals surface area contributed by atoms with Crippen molar-refractivity contribution in [3.63, 3.8) is 0 Å². The largest absolute Gasteiger partial charge is 0.394 e. The molecule has 0 bridgehead atoms. The lowest BCUT2D eigenvalue weighted by atomic mass is 9.91. The van der Waals surface area contributed by atoms with Crippen molar-refractivity contribution in [2.45, 2.75) is 134 Å². The van der Waals surface area contributed by atoms with E-state index >= 15 is 0 Å². The van der Waals surface area contributed by atoms with Crippen LogP contribution in [0, 0.1) is 11.6 Å². The maximum Gasteiger partial charge on any atom is 0.270 e. The molecule has 9 aromatic rings. The second-order valence-electron chi connectivity index (χ2n) is 24.2. The Morgan fingerprint density at radius 3 is 1.51 bits per heavy atom. The van der Waals surface area contributed by atoms with Gasteiger partial charge in [-0.25, -0.2) is 35.1 Å². The lowest BCUT2D eigenvalue weighted by Crippen LogP contribution is -2.31. The highest BCUT2D eigenvalue weighted by atomic mass is 35.5. The van der Waals surface area contributed by atoms with Gasteiger partial charge >= 0.3 is 0 Å². The molecule has 5 atom stereocenters. The number of amides is 1. The number of allylic oxidation sites excluding steroid dienone is 1. The number of aliphatic hydroxyl groups is 1. The smallest absolute Gasteiger partial charge is 0.270 e. The maximum atomic E-state index is 13.6. The molecule has 3 aliphatic carbocycles. The number of aliphatic hydroxyl groups excluding tert-OH is 1. The molecule has 12 rings (SSSR count). The molecule has 94 heavy (non-hydrogen) atoms. The third kappa shape index (κ3) is 18.9. The van der Waals surface area contributed by atoms with Gasteiger partial charge in [0.25, 0.3) is 5.91 Å². The standard InChI is InChI=1S/2C25H28FN3O2S.C24H24ClN3O2/c2*1-18(20-9-3-2-4-10-20)29-32(30,31)15-14-24-23-13-6-5-11-21(25(23)28-27-24)16-19-8-7-12-22(26)17-19;25-19-12-10-16(11-13-19)14-18-8-4-5-9-20-22(18)27-28-23(20)24(30)26-21(15-29)17-6-2-1-3-7-17/h2*2-4,7-10,12,14-15,17-18,21,29H,5-6,11,13,16H2,1H3,(H,27,28);1-3,6-7,10-14,21,29H,4-5,8-9,15H2,(H,26,30)(H,27,28)/b2*15-14+;18-14+/t18-,21?;18-,21-;21-/m100/s1. The van der Waals surface area contributed by atoms with Crippen molar-refractivity contribution in [3.05, 3.63) is 275 Å². The van der Waals surface area contributed by atoms with Crippen LogP contribution in [0.1, 0.15) is 191 Å². The molecule has 0 saturated heterocycles. The molecule has 0 radical (unpaired) electrons. The fourth-order valence-corrected chi connectivity index (χ4v) is 14.7. The van der Waals surface area contributed by atoms with E-state index in [2.05, 4.69) is 51.4 Å². The van der Waals surface area contributed by atoms with E-state index < -0.39 is 26.1 Å². The van der Waals surface area contributed by atoms with Gasteiger partial charge in [0.05, 0.1) is 29.7 Å². The number of fused-ring (bicyclic) bond motifs is 3. The summed E-state index contributed by atoms with van der Waals surface area (Å²) in [6.45, 7) is 3.46. The summed E-state index contributed by atoms with van der Waals surface area (Å²) in [6, 6.07) is 48.3. The first-order chi connectivity index (χ1) is 45.5. The Bertz CT molecular complexity index is 4100. The number of aromatic amines is 3. The van der Waals surface area contributed by atoms with Gasteiger partial charge < -0.3 is 10.4 Å². The van der Waals surface area contributed by atoms with E-state index in [0.717, 1.165) is 163 Å². The summed E-state index contributed by atoms with van der Waals surface area (Å²) in [5, 5.41) is 38.3. The maximum absolute atomic E-state index is 13.6. The number of aromatic nitrogens is 6. The second kappa shape index (κ2) is 32.6. The van der Waals surface area contributed by atoms with Crippen LogP contribution >= 0.6 is 11.6 Å². The predicted molar refractivity (Wildman–Crippen MR) is 369 cm³/mol. The molecule has 3 aromatic heterocycles. The molecular weight excluding hydrogens is 1250 g/mol. The van der Waals surface area contributed by atoms with Crippen LogP contribution in [-0.4, -0.2) is 65.0 Å². The van der Waals surface area contributed by atoms with Crippen molar-refractivity contribution in [1.82, 2.24) is 45.4 Å². The molecule has 15 nitrogen and oxygen atoms in total. The van der Waals surface area contributed by atoms with Crippen LogP contribution in [-0.2, 0) is 52.2 Å². The molecule has 3 heterocycles. The Labute approximate surface area is 554 Å². The molecule has 1 unspecified atom stereocenters. The van der Waals surface area contributed by atoms with E-state index in [1.54, 1.807) is 36.4 Å². The number of carbonyl (C=O) groups is 1. The first-order valence-electron chi connectivity index (χ1n) is 32.1. The molecular formula is C74H80ClF2N9O6S2. The van der Waals surface area contributed by atoms with Gasteiger partial charge in [-0.1, -0.05) is 152 Å². The van der Waals surface area contributed by atoms with E-state index in [-0.39, 0.29) is 48.1 Å². The minimum Gasteiger partial charge on any atom is -0.394 e. The van der Waals surface area contributed by atoms with Gasteiger partial charge in [0.15, 0.2) is 0 Å². The SMILES string of the molecule is C[C@@H](NS(=O)(=O)/C=C/c1n[nH]c2c1CCCCC2Cc1cccc(F)c1)c1ccccc1.C[C@H](NS(=O)(=O)/C=C/c1n[nH]c2c1CCCC[C@H]2Cc1cccc(F)c1)c1ccccc1.O=C(N[C@@H](CO)c1ccccc1)c1[nH]nc2c1CCCC/C2=C\c1ccc(Cl)cc1. The molecule has 490 valence electrons. The minimum absolute atomic E-state index is 0.173. The average molecular weight is 1330 g/mol. The van der Waals surface area contributed by atoms with Gasteiger partial charge in [-0.15, -0.1) is 0 Å². The minimum atomic E-state index is -3.63. The third-order valence-electron chi connectivity index (χ3n) is 17.4. The van der Waals surface area contributed by atoms with Crippen molar-refractivity contribution in [3.8, 4) is 0 Å². The van der Waals surface area contributed by atoms with Crippen LogP contribution in [0.5, 0.6) is 0 Å². The zero-order valence-electron chi connectivity index (χ0n) is 52.7. The summed E-state index contributed by atoms with van der Waals surface area (Å²) in [7, 11) is -7.27. The highest BCUT2D eigenvalue weighted by molar-refractivity contribution is 7.92. The van der Waals surface area contributed by atoms with Gasteiger partial charge in [0.1, 0.15) is 17.3 Å². The Morgan fingerprint density at radius 2 is 1.03 bits per heavy atom. The summed E-state index contributed by atoms with van der Waals surface area (Å²) in [5.74, 6) is -0.299. The van der Waals surface area contributed by atoms with E-state index in [0.29, 0.717) is 22.1 Å². The molecule has 0 fully saturated rings. The normalized spacial score (nSPS) is 17.2. The number of halogens is 3. The summed E-state index contributed by atoms with van der Waals surface area (Å²) in [6.07, 6.45) is 18.3. The summed E-state index contributed by atoms with van der Waals surface area (Å²) in [5.41, 5.74) is 14.5. The first-order valence-corrected chi connectivity index (χ1v) is 35.6. The monoisotopic (exact) mass is 1330 g/mol. The molecule has 0 spiro atoms. The number of hydrogen-bond donors (Lipinski definition) is 7. The lowest BCUT2D eigenvalue weighted by molar-refractivity contribution is 0.0910. The van der Waals surface area contributed by atoms with Gasteiger partial charge in [0.2, 0.25) is 20.0 Å². The van der Waals surface area contributed by atoms with Gasteiger partial charge in [-0.05, 0) is 184 Å². The predicted octanol–water partition coefficient (Wildman–Crippen LogP) is 15.3. The van der Waals surface area contributed by atoms with Crippen LogP contribution in [0.3, 0.4) is 0 Å². The Morgan fingerprint density at radius 1 is 0.574 bits per heavy atom. The summed E-state index contributed by atoms with van der Waals surface area (Å²) in [4.78, 5) is 13.0. The highest BCUT2D eigenvalue weighted by Crippen LogP contribution is 2.37. The molecule has 0 saturated carbocycles. The van der Waals surface area contributed by atoms with Crippen LogP contribution in [0.4, 0.5) is 8.78 Å². The molecule has 20 heteroatoms. The number of hydrogen-bond acceptors (Lipinski definition) is 9. The van der Waals surface area contributed by atoms with Crippen LogP contribution in [0.25, 0.3) is 23.8 Å². The van der Waals surface area contributed by atoms with Crippen molar-refractivity contribution >= 4 is 61.4 Å².